The maximum Gasteiger partial charge on any atom is 0.230 e. The smallest absolute Gasteiger partial charge is 0.230 e. The topological polar surface area (TPSA) is 66.9 Å². The monoisotopic (exact) mass is 388 g/mol. The second-order valence-electron chi connectivity index (χ2n) is 5.56. The summed E-state index contributed by atoms with van der Waals surface area (Å²) >= 11 is 2.73. The number of amides is 1. The van der Waals surface area contributed by atoms with Crippen LogP contribution in [0.4, 0.5) is 15.2 Å². The van der Waals surface area contributed by atoms with Crippen molar-refractivity contribution in [3.05, 3.63) is 65.5 Å². The summed E-state index contributed by atoms with van der Waals surface area (Å²) in [4.78, 5) is 11.9. The summed E-state index contributed by atoms with van der Waals surface area (Å²) in [6.45, 7) is 2.40. The molecule has 1 heterocycles. The van der Waals surface area contributed by atoms with E-state index in [-0.39, 0.29) is 17.5 Å². The van der Waals surface area contributed by atoms with Gasteiger partial charge in [-0.15, -0.1) is 10.2 Å². The lowest BCUT2D eigenvalue weighted by Gasteiger charge is -2.04. The Morgan fingerprint density at radius 1 is 1.19 bits per heavy atom. The van der Waals surface area contributed by atoms with Crippen LogP contribution < -0.4 is 10.6 Å². The molecule has 3 rings (SSSR count). The van der Waals surface area contributed by atoms with E-state index < -0.39 is 0 Å². The number of nitrogens with zero attached hydrogens (tertiary/aromatic N) is 2. The van der Waals surface area contributed by atoms with Crippen LogP contribution in [0.3, 0.4) is 0 Å². The van der Waals surface area contributed by atoms with Crippen molar-refractivity contribution < 1.29 is 9.18 Å². The summed E-state index contributed by atoms with van der Waals surface area (Å²) in [6.07, 6.45) is 0. The fourth-order valence-corrected chi connectivity index (χ4v) is 3.75. The summed E-state index contributed by atoms with van der Waals surface area (Å²) in [6, 6.07) is 14.0. The maximum absolute atomic E-state index is 12.8. The van der Waals surface area contributed by atoms with Crippen molar-refractivity contribution in [1.29, 1.82) is 0 Å². The number of aryl methyl sites for hydroxylation is 1. The first-order valence-corrected chi connectivity index (χ1v) is 9.70. The van der Waals surface area contributed by atoms with Gasteiger partial charge in [-0.3, -0.25) is 4.79 Å². The molecule has 0 unspecified atom stereocenters. The molecule has 8 heteroatoms. The van der Waals surface area contributed by atoms with Gasteiger partial charge in [0.25, 0.3) is 0 Å². The third-order valence-corrected chi connectivity index (χ3v) is 5.38. The van der Waals surface area contributed by atoms with Crippen molar-refractivity contribution in [3.63, 3.8) is 0 Å². The van der Waals surface area contributed by atoms with Crippen LogP contribution in [0.25, 0.3) is 0 Å². The molecule has 0 saturated heterocycles. The summed E-state index contributed by atoms with van der Waals surface area (Å²) in [7, 11) is 0. The molecule has 0 atom stereocenters. The van der Waals surface area contributed by atoms with Crippen LogP contribution in [-0.2, 0) is 11.3 Å². The second-order valence-corrected chi connectivity index (χ2v) is 7.76. The van der Waals surface area contributed by atoms with Gasteiger partial charge in [-0.25, -0.2) is 4.39 Å². The van der Waals surface area contributed by atoms with Crippen molar-refractivity contribution in [2.75, 3.05) is 11.1 Å². The number of halogens is 1. The number of nitrogens with one attached hydrogen (secondary N) is 2. The Hall–Kier alpha value is -2.45. The highest BCUT2D eigenvalue weighted by Gasteiger charge is 2.08. The molecule has 0 radical (unpaired) electrons. The Kier molecular flexibility index (Phi) is 6.19. The predicted molar refractivity (Wildman–Crippen MR) is 103 cm³/mol. The molecule has 0 aliphatic carbocycles. The molecule has 3 aromatic rings. The lowest BCUT2D eigenvalue weighted by Crippen LogP contribution is -2.24. The van der Waals surface area contributed by atoms with Gasteiger partial charge in [0.1, 0.15) is 5.82 Å². The predicted octanol–water partition coefficient (Wildman–Crippen LogP) is 4.14. The van der Waals surface area contributed by atoms with Crippen LogP contribution in [0.2, 0.25) is 0 Å². The van der Waals surface area contributed by atoms with Crippen molar-refractivity contribution >= 4 is 39.8 Å². The average Bonchev–Trinajstić information content (AvgIpc) is 3.07. The fourth-order valence-electron chi connectivity index (χ4n) is 2.15. The van der Waals surface area contributed by atoms with Crippen LogP contribution in [0.5, 0.6) is 0 Å². The van der Waals surface area contributed by atoms with Crippen molar-refractivity contribution in [2.24, 2.45) is 0 Å². The lowest BCUT2D eigenvalue weighted by atomic mass is 10.2. The molecule has 0 saturated carbocycles. The minimum atomic E-state index is -0.290. The van der Waals surface area contributed by atoms with E-state index in [2.05, 4.69) is 20.8 Å². The summed E-state index contributed by atoms with van der Waals surface area (Å²) < 4.78 is 13.6. The van der Waals surface area contributed by atoms with Crippen LogP contribution in [0, 0.1) is 12.7 Å². The Morgan fingerprint density at radius 3 is 2.77 bits per heavy atom. The number of aromatic nitrogens is 2. The first-order valence-electron chi connectivity index (χ1n) is 7.89. The van der Waals surface area contributed by atoms with Gasteiger partial charge in [0.05, 0.1) is 5.75 Å². The van der Waals surface area contributed by atoms with Crippen LogP contribution >= 0.6 is 23.1 Å². The Bertz CT molecular complexity index is 883. The molecule has 1 aromatic heterocycles. The molecule has 0 spiro atoms. The second kappa shape index (κ2) is 8.77. The molecule has 1 amide bonds. The minimum Gasteiger partial charge on any atom is -0.351 e. The van der Waals surface area contributed by atoms with Crippen LogP contribution in [0.15, 0.2) is 52.9 Å². The molecule has 0 bridgehead atoms. The van der Waals surface area contributed by atoms with Crippen molar-refractivity contribution in [2.45, 2.75) is 17.8 Å². The molecular formula is C18H17FN4OS2. The number of hydrogen-bond donors (Lipinski definition) is 2. The zero-order chi connectivity index (χ0) is 18.4. The minimum absolute atomic E-state index is 0.109. The zero-order valence-corrected chi connectivity index (χ0v) is 15.7. The summed E-state index contributed by atoms with van der Waals surface area (Å²) in [5.74, 6) is -0.148. The number of rotatable bonds is 7. The number of anilines is 2. The number of carbonyl (C=O) groups excluding carboxylic acids is 1. The largest absolute Gasteiger partial charge is 0.351 e. The Labute approximate surface area is 159 Å². The van der Waals surface area contributed by atoms with E-state index in [4.69, 9.17) is 0 Å². The SMILES string of the molecule is Cc1cccc(Nc2nnc(SCC(=O)NCc3ccc(F)cc3)s2)c1. The van der Waals surface area contributed by atoms with E-state index >= 15 is 0 Å². The van der Waals surface area contributed by atoms with E-state index in [1.54, 1.807) is 12.1 Å². The highest BCUT2D eigenvalue weighted by molar-refractivity contribution is 8.01. The standard InChI is InChI=1S/C18H17FN4OS2/c1-12-3-2-4-15(9-12)21-17-22-23-18(26-17)25-11-16(24)20-10-13-5-7-14(19)8-6-13/h2-9H,10-11H2,1H3,(H,20,24)(H,21,22). The van der Waals surface area contributed by atoms with E-state index in [0.717, 1.165) is 21.2 Å². The first-order chi connectivity index (χ1) is 12.6. The first kappa shape index (κ1) is 18.3. The number of thioether (sulfide) groups is 1. The van der Waals surface area contributed by atoms with Gasteiger partial charge in [0, 0.05) is 12.2 Å². The summed E-state index contributed by atoms with van der Waals surface area (Å²) in [5.41, 5.74) is 2.96. The van der Waals surface area contributed by atoms with E-state index in [1.165, 1.54) is 35.2 Å². The average molecular weight is 388 g/mol. The molecule has 0 aliphatic heterocycles. The molecule has 2 aromatic carbocycles. The van der Waals surface area contributed by atoms with Gasteiger partial charge in [-0.05, 0) is 42.3 Å². The molecule has 0 aliphatic rings. The van der Waals surface area contributed by atoms with Gasteiger partial charge in [-0.1, -0.05) is 47.4 Å². The van der Waals surface area contributed by atoms with Crippen molar-refractivity contribution in [3.8, 4) is 0 Å². The zero-order valence-electron chi connectivity index (χ0n) is 14.0. The molecular weight excluding hydrogens is 371 g/mol. The molecule has 134 valence electrons. The lowest BCUT2D eigenvalue weighted by molar-refractivity contribution is -0.118. The van der Waals surface area contributed by atoms with Gasteiger partial charge in [0.2, 0.25) is 11.0 Å². The Morgan fingerprint density at radius 2 is 2.00 bits per heavy atom. The fraction of sp³-hybridized carbons (Fsp3) is 0.167. The van der Waals surface area contributed by atoms with Crippen molar-refractivity contribution in [1.82, 2.24) is 15.5 Å². The van der Waals surface area contributed by atoms with Crippen LogP contribution in [0.1, 0.15) is 11.1 Å². The highest BCUT2D eigenvalue weighted by Crippen LogP contribution is 2.27. The van der Waals surface area contributed by atoms with Gasteiger partial charge in [-0.2, -0.15) is 0 Å². The number of hydrogen-bond acceptors (Lipinski definition) is 6. The number of carbonyl (C=O) groups is 1. The maximum atomic E-state index is 12.8. The number of benzene rings is 2. The molecule has 0 fully saturated rings. The van der Waals surface area contributed by atoms with Gasteiger partial charge < -0.3 is 10.6 Å². The third kappa shape index (κ3) is 5.53. The molecule has 26 heavy (non-hydrogen) atoms. The van der Waals surface area contributed by atoms with Gasteiger partial charge in [0.15, 0.2) is 4.34 Å². The normalized spacial score (nSPS) is 10.5. The Balaban J connectivity index is 1.45. The van der Waals surface area contributed by atoms with E-state index in [1.807, 2.05) is 31.2 Å². The third-order valence-electron chi connectivity index (χ3n) is 3.41. The van der Waals surface area contributed by atoms with E-state index in [0.29, 0.717) is 11.7 Å². The van der Waals surface area contributed by atoms with Gasteiger partial charge >= 0.3 is 0 Å². The highest BCUT2D eigenvalue weighted by atomic mass is 32.2. The summed E-state index contributed by atoms with van der Waals surface area (Å²) in [5, 5.41) is 14.9. The molecule has 2 N–H and O–H groups in total. The van der Waals surface area contributed by atoms with E-state index in [9.17, 15) is 9.18 Å². The molecule has 5 nitrogen and oxygen atoms in total. The quantitative estimate of drug-likeness (QED) is 0.596. The van der Waals surface area contributed by atoms with Crippen LogP contribution in [-0.4, -0.2) is 21.9 Å².